The zero-order chi connectivity index (χ0) is 20.8. The van der Waals surface area contributed by atoms with E-state index in [0.717, 1.165) is 46.8 Å². The van der Waals surface area contributed by atoms with Gasteiger partial charge >= 0.3 is 0 Å². The molecule has 1 unspecified atom stereocenters. The molecule has 4 heterocycles. The molecule has 0 radical (unpaired) electrons. The number of thiophene rings is 1. The van der Waals surface area contributed by atoms with Crippen LogP contribution in [0.4, 0.5) is 11.5 Å². The molecule has 30 heavy (non-hydrogen) atoms. The van der Waals surface area contributed by atoms with Gasteiger partial charge in [0.2, 0.25) is 6.79 Å². The molecule has 1 amide bonds. The monoisotopic (exact) mass is 424 g/mol. The quantitative estimate of drug-likeness (QED) is 0.659. The van der Waals surface area contributed by atoms with Crippen molar-refractivity contribution in [1.29, 1.82) is 0 Å². The van der Waals surface area contributed by atoms with Crippen molar-refractivity contribution in [3.05, 3.63) is 34.5 Å². The van der Waals surface area contributed by atoms with E-state index < -0.39 is 0 Å². The van der Waals surface area contributed by atoms with Gasteiger partial charge in [0, 0.05) is 24.3 Å². The Morgan fingerprint density at radius 1 is 1.20 bits per heavy atom. The first kappa shape index (κ1) is 19.1. The second-order valence-corrected chi connectivity index (χ2v) is 8.89. The molecule has 2 aliphatic rings. The summed E-state index contributed by atoms with van der Waals surface area (Å²) in [6.07, 6.45) is 3.57. The van der Waals surface area contributed by atoms with Gasteiger partial charge in [0.1, 0.15) is 16.5 Å². The lowest BCUT2D eigenvalue weighted by molar-refractivity contribution is 0.103. The minimum absolute atomic E-state index is 0.148. The highest BCUT2D eigenvalue weighted by atomic mass is 32.1. The number of amides is 1. The molecule has 7 nitrogen and oxygen atoms in total. The van der Waals surface area contributed by atoms with Crippen LogP contribution in [0.5, 0.6) is 11.5 Å². The van der Waals surface area contributed by atoms with E-state index in [2.05, 4.69) is 22.1 Å². The number of hydrogen-bond donors (Lipinski definition) is 1. The van der Waals surface area contributed by atoms with E-state index in [-0.39, 0.29) is 12.7 Å². The van der Waals surface area contributed by atoms with Gasteiger partial charge in [-0.3, -0.25) is 4.79 Å². The Hall–Kier alpha value is -2.87. The highest BCUT2D eigenvalue weighted by Crippen LogP contribution is 2.38. The standard InChI is InChI=1S/C22H24N4O3S/c1-12-6-4-5-9-26(12)20-18-13(2)19(30-22(18)24-14(3)23-20)21(27)25-15-7-8-16-17(10-15)29-11-28-16/h7-8,10,12H,4-6,9,11H2,1-3H3,(H,25,27). The Kier molecular flexibility index (Phi) is 4.73. The average molecular weight is 425 g/mol. The third kappa shape index (κ3) is 3.25. The molecule has 1 aromatic carbocycles. The van der Waals surface area contributed by atoms with E-state index in [1.165, 1.54) is 17.8 Å². The van der Waals surface area contributed by atoms with Crippen molar-refractivity contribution in [3.8, 4) is 11.5 Å². The second kappa shape index (κ2) is 7.43. The summed E-state index contributed by atoms with van der Waals surface area (Å²) in [5, 5.41) is 3.98. The van der Waals surface area contributed by atoms with Gasteiger partial charge in [-0.25, -0.2) is 9.97 Å². The summed E-state index contributed by atoms with van der Waals surface area (Å²) in [5.41, 5.74) is 1.61. The molecule has 156 valence electrons. The van der Waals surface area contributed by atoms with Gasteiger partial charge < -0.3 is 19.7 Å². The number of aryl methyl sites for hydroxylation is 2. The first-order valence-electron chi connectivity index (χ1n) is 10.3. The maximum absolute atomic E-state index is 13.1. The van der Waals surface area contributed by atoms with Gasteiger partial charge in [-0.1, -0.05) is 0 Å². The topological polar surface area (TPSA) is 76.6 Å². The lowest BCUT2D eigenvalue weighted by Gasteiger charge is -2.35. The maximum Gasteiger partial charge on any atom is 0.266 e. The smallest absolute Gasteiger partial charge is 0.266 e. The van der Waals surface area contributed by atoms with Crippen molar-refractivity contribution < 1.29 is 14.3 Å². The fraction of sp³-hybridized carbons (Fsp3) is 0.409. The summed E-state index contributed by atoms with van der Waals surface area (Å²) in [4.78, 5) is 26.4. The van der Waals surface area contributed by atoms with Crippen LogP contribution in [0.15, 0.2) is 18.2 Å². The Morgan fingerprint density at radius 3 is 2.87 bits per heavy atom. The minimum atomic E-state index is -0.148. The number of carbonyl (C=O) groups excluding carboxylic acids is 1. The van der Waals surface area contributed by atoms with Gasteiger partial charge in [-0.05, 0) is 57.7 Å². The molecule has 1 saturated heterocycles. The van der Waals surface area contributed by atoms with Crippen LogP contribution in [0.1, 0.15) is 47.2 Å². The molecule has 0 saturated carbocycles. The van der Waals surface area contributed by atoms with Crippen LogP contribution in [0.2, 0.25) is 0 Å². The number of rotatable bonds is 3. The number of anilines is 2. The van der Waals surface area contributed by atoms with E-state index in [9.17, 15) is 4.79 Å². The number of nitrogens with one attached hydrogen (secondary N) is 1. The van der Waals surface area contributed by atoms with E-state index in [0.29, 0.717) is 28.1 Å². The molecule has 1 atom stereocenters. The number of fused-ring (bicyclic) bond motifs is 2. The molecular formula is C22H24N4O3S. The molecule has 5 rings (SSSR count). The summed E-state index contributed by atoms with van der Waals surface area (Å²) in [5.74, 6) is 2.88. The first-order chi connectivity index (χ1) is 14.5. The Morgan fingerprint density at radius 2 is 2.03 bits per heavy atom. The predicted molar refractivity (Wildman–Crippen MR) is 118 cm³/mol. The zero-order valence-electron chi connectivity index (χ0n) is 17.3. The van der Waals surface area contributed by atoms with Crippen LogP contribution in [-0.2, 0) is 0 Å². The third-order valence-corrected chi connectivity index (χ3v) is 6.98. The largest absolute Gasteiger partial charge is 0.454 e. The molecule has 3 aromatic rings. The second-order valence-electron chi connectivity index (χ2n) is 7.89. The SMILES string of the molecule is Cc1nc(N2CCCCC2C)c2c(C)c(C(=O)Nc3ccc4c(c3)OCO4)sc2n1. The van der Waals surface area contributed by atoms with E-state index >= 15 is 0 Å². The van der Waals surface area contributed by atoms with Crippen LogP contribution in [0.3, 0.4) is 0 Å². The highest BCUT2D eigenvalue weighted by Gasteiger charge is 2.26. The van der Waals surface area contributed by atoms with Gasteiger partial charge in [0.15, 0.2) is 11.5 Å². The summed E-state index contributed by atoms with van der Waals surface area (Å²) in [6.45, 7) is 7.35. The highest BCUT2D eigenvalue weighted by molar-refractivity contribution is 7.20. The van der Waals surface area contributed by atoms with Crippen LogP contribution >= 0.6 is 11.3 Å². The fourth-order valence-corrected chi connectivity index (χ4v) is 5.34. The number of hydrogen-bond acceptors (Lipinski definition) is 7. The van der Waals surface area contributed by atoms with Gasteiger partial charge in [-0.2, -0.15) is 0 Å². The Labute approximate surface area is 179 Å². The zero-order valence-corrected chi connectivity index (χ0v) is 18.1. The van der Waals surface area contributed by atoms with E-state index in [1.54, 1.807) is 12.1 Å². The number of carbonyl (C=O) groups is 1. The summed E-state index contributed by atoms with van der Waals surface area (Å²) >= 11 is 1.42. The summed E-state index contributed by atoms with van der Waals surface area (Å²) in [6, 6.07) is 5.84. The van der Waals surface area contributed by atoms with Crippen LogP contribution in [-0.4, -0.2) is 35.3 Å². The first-order valence-corrected chi connectivity index (χ1v) is 11.1. The normalized spacial score (nSPS) is 18.1. The van der Waals surface area contributed by atoms with Crippen molar-refractivity contribution >= 4 is 39.0 Å². The van der Waals surface area contributed by atoms with Crippen molar-refractivity contribution in [2.75, 3.05) is 23.6 Å². The van der Waals surface area contributed by atoms with Gasteiger partial charge in [0.05, 0.1) is 10.3 Å². The fourth-order valence-electron chi connectivity index (χ4n) is 4.22. The molecule has 8 heteroatoms. The van der Waals surface area contributed by atoms with E-state index in [4.69, 9.17) is 14.5 Å². The van der Waals surface area contributed by atoms with Crippen molar-refractivity contribution in [2.24, 2.45) is 0 Å². The van der Waals surface area contributed by atoms with Gasteiger partial charge in [0.25, 0.3) is 5.91 Å². The Bertz CT molecular complexity index is 1140. The molecule has 0 aliphatic carbocycles. The summed E-state index contributed by atoms with van der Waals surface area (Å²) in [7, 11) is 0. The average Bonchev–Trinajstić information content (AvgIpc) is 3.32. The molecule has 1 fully saturated rings. The van der Waals surface area contributed by atoms with Crippen molar-refractivity contribution in [1.82, 2.24) is 9.97 Å². The van der Waals surface area contributed by atoms with Crippen LogP contribution in [0, 0.1) is 13.8 Å². The number of ether oxygens (including phenoxy) is 2. The van der Waals surface area contributed by atoms with Crippen LogP contribution in [0.25, 0.3) is 10.2 Å². The summed E-state index contributed by atoms with van der Waals surface area (Å²) < 4.78 is 10.7. The molecule has 2 aliphatic heterocycles. The number of aromatic nitrogens is 2. The minimum Gasteiger partial charge on any atom is -0.454 e. The lowest BCUT2D eigenvalue weighted by Crippen LogP contribution is -2.38. The third-order valence-electron chi connectivity index (χ3n) is 5.79. The molecule has 0 spiro atoms. The number of piperidine rings is 1. The molecule has 2 aromatic heterocycles. The van der Waals surface area contributed by atoms with Crippen LogP contribution < -0.4 is 19.7 Å². The lowest BCUT2D eigenvalue weighted by atomic mass is 10.0. The van der Waals surface area contributed by atoms with Gasteiger partial charge in [-0.15, -0.1) is 11.3 Å². The van der Waals surface area contributed by atoms with Crippen molar-refractivity contribution in [3.63, 3.8) is 0 Å². The number of benzene rings is 1. The predicted octanol–water partition coefficient (Wildman–Crippen LogP) is 4.67. The Balaban J connectivity index is 1.51. The molecular weight excluding hydrogens is 400 g/mol. The molecule has 1 N–H and O–H groups in total. The van der Waals surface area contributed by atoms with E-state index in [1.807, 2.05) is 19.9 Å². The molecule has 0 bridgehead atoms. The number of nitrogens with zero attached hydrogens (tertiary/aromatic N) is 3. The maximum atomic E-state index is 13.1. The van der Waals surface area contributed by atoms with Crippen molar-refractivity contribution in [2.45, 2.75) is 46.1 Å².